The van der Waals surface area contributed by atoms with E-state index in [4.69, 9.17) is 0 Å². The van der Waals surface area contributed by atoms with E-state index in [-0.39, 0.29) is 11.8 Å². The molecule has 1 saturated heterocycles. The molecule has 2 N–H and O–H groups in total. The average Bonchev–Trinajstić information content (AvgIpc) is 2.70. The highest BCUT2D eigenvalue weighted by atomic mass is 16.2. The molecule has 1 fully saturated rings. The molecule has 2 atom stereocenters. The van der Waals surface area contributed by atoms with Gasteiger partial charge in [-0.25, -0.2) is 0 Å². The first-order valence-corrected chi connectivity index (χ1v) is 6.25. The molecule has 1 heterocycles. The summed E-state index contributed by atoms with van der Waals surface area (Å²) < 4.78 is 0. The van der Waals surface area contributed by atoms with Gasteiger partial charge in [0.05, 0.1) is 5.92 Å². The zero-order valence-electron chi connectivity index (χ0n) is 10.0. The van der Waals surface area contributed by atoms with Crippen LogP contribution in [0.4, 0.5) is 0 Å². The second-order valence-electron chi connectivity index (χ2n) is 4.60. The largest absolute Gasteiger partial charge is 0.353 e. The zero-order valence-corrected chi connectivity index (χ0v) is 10.0. The molecule has 1 aliphatic rings. The summed E-state index contributed by atoms with van der Waals surface area (Å²) in [6.45, 7) is 6.15. The van der Waals surface area contributed by atoms with Crippen LogP contribution in [0.15, 0.2) is 0 Å². The molecule has 0 aromatic carbocycles. The smallest absolute Gasteiger partial charge is 0.224 e. The Hall–Kier alpha value is -0.570. The number of rotatable bonds is 6. The lowest BCUT2D eigenvalue weighted by atomic mass is 10.1. The number of nitrogens with one attached hydrogen (secondary N) is 2. The quantitative estimate of drug-likeness (QED) is 0.658. The standard InChI is InChI=1S/C12H24N2O/c1-3-4-5-6-10(2)14-12(15)11-7-8-13-9-11/h10-11,13H,3-9H2,1-2H3,(H,14,15). The average molecular weight is 212 g/mol. The number of hydrogen-bond acceptors (Lipinski definition) is 2. The molecule has 0 saturated carbocycles. The number of amides is 1. The molecule has 0 aliphatic carbocycles. The van der Waals surface area contributed by atoms with Gasteiger partial charge in [0.15, 0.2) is 0 Å². The Morgan fingerprint density at radius 1 is 1.53 bits per heavy atom. The predicted octanol–water partition coefficient (Wildman–Crippen LogP) is 1.68. The topological polar surface area (TPSA) is 41.1 Å². The zero-order chi connectivity index (χ0) is 11.1. The first kappa shape index (κ1) is 12.5. The van der Waals surface area contributed by atoms with Gasteiger partial charge in [-0.2, -0.15) is 0 Å². The fourth-order valence-corrected chi connectivity index (χ4v) is 2.01. The Kier molecular flexibility index (Phi) is 5.69. The van der Waals surface area contributed by atoms with Crippen LogP contribution in [0.1, 0.15) is 46.0 Å². The molecular formula is C12H24N2O. The summed E-state index contributed by atoms with van der Waals surface area (Å²) in [6.07, 6.45) is 5.84. The minimum Gasteiger partial charge on any atom is -0.353 e. The van der Waals surface area contributed by atoms with E-state index in [0.29, 0.717) is 6.04 Å². The van der Waals surface area contributed by atoms with Gasteiger partial charge in [-0.05, 0) is 26.3 Å². The Morgan fingerprint density at radius 2 is 2.33 bits per heavy atom. The van der Waals surface area contributed by atoms with Gasteiger partial charge in [0, 0.05) is 12.6 Å². The van der Waals surface area contributed by atoms with Crippen molar-refractivity contribution in [3.63, 3.8) is 0 Å². The monoisotopic (exact) mass is 212 g/mol. The molecule has 0 aromatic rings. The van der Waals surface area contributed by atoms with Crippen molar-refractivity contribution >= 4 is 5.91 Å². The van der Waals surface area contributed by atoms with Gasteiger partial charge in [-0.1, -0.05) is 26.2 Å². The molecule has 0 bridgehead atoms. The van der Waals surface area contributed by atoms with Gasteiger partial charge in [0.1, 0.15) is 0 Å². The van der Waals surface area contributed by atoms with E-state index in [2.05, 4.69) is 24.5 Å². The summed E-state index contributed by atoms with van der Waals surface area (Å²) >= 11 is 0. The first-order valence-electron chi connectivity index (χ1n) is 6.25. The van der Waals surface area contributed by atoms with Gasteiger partial charge in [-0.3, -0.25) is 4.79 Å². The molecule has 1 amide bonds. The molecular weight excluding hydrogens is 188 g/mol. The van der Waals surface area contributed by atoms with Crippen molar-refractivity contribution in [1.29, 1.82) is 0 Å². The minimum absolute atomic E-state index is 0.207. The molecule has 0 spiro atoms. The lowest BCUT2D eigenvalue weighted by Gasteiger charge is -2.16. The maximum atomic E-state index is 11.7. The lowest BCUT2D eigenvalue weighted by molar-refractivity contribution is -0.125. The molecule has 1 rings (SSSR count). The van der Waals surface area contributed by atoms with Crippen molar-refractivity contribution < 1.29 is 4.79 Å². The number of unbranched alkanes of at least 4 members (excludes halogenated alkanes) is 2. The summed E-state index contributed by atoms with van der Waals surface area (Å²) in [5.74, 6) is 0.447. The van der Waals surface area contributed by atoms with Crippen LogP contribution in [-0.4, -0.2) is 25.0 Å². The normalized spacial score (nSPS) is 22.7. The SMILES string of the molecule is CCCCCC(C)NC(=O)C1CCNC1. The van der Waals surface area contributed by atoms with Crippen LogP contribution in [0.3, 0.4) is 0 Å². The van der Waals surface area contributed by atoms with E-state index in [0.717, 1.165) is 25.9 Å². The Morgan fingerprint density at radius 3 is 2.93 bits per heavy atom. The van der Waals surface area contributed by atoms with Gasteiger partial charge in [0.25, 0.3) is 0 Å². The van der Waals surface area contributed by atoms with E-state index in [1.165, 1.54) is 19.3 Å². The molecule has 15 heavy (non-hydrogen) atoms. The van der Waals surface area contributed by atoms with E-state index >= 15 is 0 Å². The maximum Gasteiger partial charge on any atom is 0.224 e. The number of hydrogen-bond donors (Lipinski definition) is 2. The lowest BCUT2D eigenvalue weighted by Crippen LogP contribution is -2.38. The summed E-state index contributed by atoms with van der Waals surface area (Å²) in [5, 5.41) is 6.32. The minimum atomic E-state index is 0.207. The molecule has 1 aliphatic heterocycles. The van der Waals surface area contributed by atoms with Crippen molar-refractivity contribution in [2.45, 2.75) is 52.0 Å². The summed E-state index contributed by atoms with van der Waals surface area (Å²) in [7, 11) is 0. The van der Waals surface area contributed by atoms with Gasteiger partial charge in [-0.15, -0.1) is 0 Å². The molecule has 0 radical (unpaired) electrons. The second-order valence-corrected chi connectivity index (χ2v) is 4.60. The van der Waals surface area contributed by atoms with E-state index in [1.807, 2.05) is 0 Å². The van der Waals surface area contributed by atoms with E-state index in [1.54, 1.807) is 0 Å². The Bertz CT molecular complexity index is 188. The van der Waals surface area contributed by atoms with Gasteiger partial charge in [0.2, 0.25) is 5.91 Å². The summed E-state index contributed by atoms with van der Waals surface area (Å²) in [4.78, 5) is 11.7. The third kappa shape index (κ3) is 4.65. The van der Waals surface area contributed by atoms with Crippen LogP contribution in [0.25, 0.3) is 0 Å². The number of carbonyl (C=O) groups is 1. The highest BCUT2D eigenvalue weighted by molar-refractivity contribution is 5.79. The van der Waals surface area contributed by atoms with Crippen LogP contribution >= 0.6 is 0 Å². The second kappa shape index (κ2) is 6.83. The Balaban J connectivity index is 2.13. The summed E-state index contributed by atoms with van der Waals surface area (Å²) in [5.41, 5.74) is 0. The fraction of sp³-hybridized carbons (Fsp3) is 0.917. The molecule has 3 nitrogen and oxygen atoms in total. The molecule has 88 valence electrons. The van der Waals surface area contributed by atoms with E-state index in [9.17, 15) is 4.79 Å². The van der Waals surface area contributed by atoms with Crippen molar-refractivity contribution in [3.8, 4) is 0 Å². The van der Waals surface area contributed by atoms with E-state index < -0.39 is 0 Å². The van der Waals surface area contributed by atoms with Crippen molar-refractivity contribution in [3.05, 3.63) is 0 Å². The maximum absolute atomic E-state index is 11.7. The number of carbonyl (C=O) groups excluding carboxylic acids is 1. The third-order valence-corrected chi connectivity index (χ3v) is 3.06. The summed E-state index contributed by atoms with van der Waals surface area (Å²) in [6, 6.07) is 0.338. The van der Waals surface area contributed by atoms with Crippen LogP contribution in [-0.2, 0) is 4.79 Å². The highest BCUT2D eigenvalue weighted by Gasteiger charge is 2.22. The van der Waals surface area contributed by atoms with Crippen LogP contribution < -0.4 is 10.6 Å². The van der Waals surface area contributed by atoms with Gasteiger partial charge < -0.3 is 10.6 Å². The fourth-order valence-electron chi connectivity index (χ4n) is 2.01. The van der Waals surface area contributed by atoms with Crippen molar-refractivity contribution in [2.75, 3.05) is 13.1 Å². The highest BCUT2D eigenvalue weighted by Crippen LogP contribution is 2.09. The van der Waals surface area contributed by atoms with Crippen LogP contribution in [0, 0.1) is 5.92 Å². The third-order valence-electron chi connectivity index (χ3n) is 3.06. The van der Waals surface area contributed by atoms with Crippen molar-refractivity contribution in [1.82, 2.24) is 10.6 Å². The molecule has 0 aromatic heterocycles. The van der Waals surface area contributed by atoms with Crippen LogP contribution in [0.5, 0.6) is 0 Å². The van der Waals surface area contributed by atoms with Gasteiger partial charge >= 0.3 is 0 Å². The molecule has 2 unspecified atom stereocenters. The first-order chi connectivity index (χ1) is 7.24. The molecule has 3 heteroatoms. The van der Waals surface area contributed by atoms with Crippen molar-refractivity contribution in [2.24, 2.45) is 5.92 Å². The predicted molar refractivity (Wildman–Crippen MR) is 62.7 cm³/mol. The Labute approximate surface area is 93.0 Å². The van der Waals surface area contributed by atoms with Crippen LogP contribution in [0.2, 0.25) is 0 Å².